The molecule has 1 aliphatic carbocycles. The standard InChI is InChI=1S/C72H60N2O/c1-71(2,3)50-43-49(44-51(46-50)72(4,5)6)54-32-20-23-47-24-21-33-60(69(47)54)55-28-11-17-38-65(55)74(63-36-15-10-27-53(63)48-41-42-59-58-31-14-19-40-67(58)75-68(59)45-48)66-39-18-13-30-57(66)62-35-22-34-61-56-29-12-16-37-64(56)73(70(61)62)52-25-8-7-9-26-52/h7-20,22-32,34-46H,21,33H2,1-6H3. The van der Waals surface area contributed by atoms with Crippen LogP contribution in [0.1, 0.15) is 71.1 Å². The molecule has 0 spiro atoms. The van der Waals surface area contributed by atoms with Gasteiger partial charge in [0.15, 0.2) is 0 Å². The van der Waals surface area contributed by atoms with Crippen molar-refractivity contribution in [1.29, 1.82) is 0 Å². The first-order valence-corrected chi connectivity index (χ1v) is 26.6. The molecule has 3 heteroatoms. The van der Waals surface area contributed by atoms with E-state index in [0.29, 0.717) is 0 Å². The summed E-state index contributed by atoms with van der Waals surface area (Å²) >= 11 is 0. The zero-order chi connectivity index (χ0) is 51.0. The number of furan rings is 1. The summed E-state index contributed by atoms with van der Waals surface area (Å²) in [6, 6.07) is 83.0. The zero-order valence-corrected chi connectivity index (χ0v) is 43.7. The highest BCUT2D eigenvalue weighted by atomic mass is 16.3. The minimum Gasteiger partial charge on any atom is -0.456 e. The third kappa shape index (κ3) is 7.97. The molecule has 12 aromatic rings. The van der Waals surface area contributed by atoms with E-state index in [1.165, 1.54) is 65.6 Å². The average molecular weight is 969 g/mol. The normalized spacial score (nSPS) is 12.9. The Morgan fingerprint density at radius 1 is 0.413 bits per heavy atom. The minimum absolute atomic E-state index is 0.0217. The number of nitrogens with zero attached hydrogens (tertiary/aromatic N) is 2. The number of rotatable bonds is 8. The van der Waals surface area contributed by atoms with Crippen molar-refractivity contribution in [3.63, 3.8) is 0 Å². The summed E-state index contributed by atoms with van der Waals surface area (Å²) in [7, 11) is 0. The van der Waals surface area contributed by atoms with Crippen LogP contribution in [-0.2, 0) is 10.8 Å². The number of fused-ring (bicyclic) bond motifs is 7. The maximum absolute atomic E-state index is 6.58. The van der Waals surface area contributed by atoms with Crippen molar-refractivity contribution in [2.24, 2.45) is 0 Å². The summed E-state index contributed by atoms with van der Waals surface area (Å²) in [5, 5.41) is 7.29. The first kappa shape index (κ1) is 46.1. The van der Waals surface area contributed by atoms with E-state index < -0.39 is 0 Å². The van der Waals surface area contributed by atoms with Gasteiger partial charge in [0.1, 0.15) is 11.2 Å². The Bertz CT molecular complexity index is 4290. The molecule has 0 radical (unpaired) electrons. The van der Waals surface area contributed by atoms with Gasteiger partial charge >= 0.3 is 0 Å². The SMILES string of the molecule is CC(C)(C)c1cc(-c2cccc3c2=C(c2ccccc2N(c2ccccc2-c2ccc4c(c2)oc2ccccc24)c2ccccc2-c2cccc4c5ccccc5n(-c5ccccc5)c24)CCC=3)cc(C(C)(C)C)c1. The molecule has 0 amide bonds. The van der Waals surface area contributed by atoms with Crippen LogP contribution in [0.25, 0.3) is 94.5 Å². The van der Waals surface area contributed by atoms with Crippen molar-refractivity contribution in [1.82, 2.24) is 4.57 Å². The van der Waals surface area contributed by atoms with Crippen LogP contribution in [0.4, 0.5) is 17.1 Å². The fourth-order valence-electron chi connectivity index (χ4n) is 11.8. The van der Waals surface area contributed by atoms with Crippen LogP contribution in [0.3, 0.4) is 0 Å². The van der Waals surface area contributed by atoms with E-state index in [0.717, 1.165) is 79.8 Å². The number of hydrogen-bond donors (Lipinski definition) is 0. The number of anilines is 3. The molecule has 0 atom stereocenters. The molecular formula is C72H60N2O. The molecule has 0 unspecified atom stereocenters. The summed E-state index contributed by atoms with van der Waals surface area (Å²) in [6.07, 6.45) is 4.31. The van der Waals surface area contributed by atoms with Gasteiger partial charge in [0.25, 0.3) is 0 Å². The quantitative estimate of drug-likeness (QED) is 0.151. The lowest BCUT2D eigenvalue weighted by Crippen LogP contribution is -2.32. The second-order valence-electron chi connectivity index (χ2n) is 22.4. The highest BCUT2D eigenvalue weighted by Gasteiger charge is 2.28. The second kappa shape index (κ2) is 18.1. The van der Waals surface area contributed by atoms with Crippen LogP contribution in [0.2, 0.25) is 0 Å². The largest absolute Gasteiger partial charge is 0.456 e. The van der Waals surface area contributed by atoms with Gasteiger partial charge in [-0.25, -0.2) is 0 Å². The van der Waals surface area contributed by atoms with Crippen molar-refractivity contribution in [2.75, 3.05) is 4.90 Å². The van der Waals surface area contributed by atoms with E-state index in [2.05, 4.69) is 275 Å². The van der Waals surface area contributed by atoms with Crippen molar-refractivity contribution >= 4 is 72.5 Å². The van der Waals surface area contributed by atoms with Crippen LogP contribution >= 0.6 is 0 Å². The number of hydrogen-bond acceptors (Lipinski definition) is 2. The first-order valence-electron chi connectivity index (χ1n) is 26.6. The average Bonchev–Trinajstić information content (AvgIpc) is 3.99. The molecule has 2 heterocycles. The molecule has 0 N–H and O–H groups in total. The molecule has 2 aromatic heterocycles. The summed E-state index contributed by atoms with van der Waals surface area (Å²) in [6.45, 7) is 14.0. The molecule has 0 aliphatic heterocycles. The maximum Gasteiger partial charge on any atom is 0.136 e. The van der Waals surface area contributed by atoms with Crippen LogP contribution in [-0.4, -0.2) is 4.57 Å². The third-order valence-corrected chi connectivity index (χ3v) is 15.6. The molecule has 0 saturated heterocycles. The topological polar surface area (TPSA) is 21.3 Å². The van der Waals surface area contributed by atoms with Gasteiger partial charge in [-0.2, -0.15) is 0 Å². The lowest BCUT2D eigenvalue weighted by atomic mass is 9.78. The summed E-state index contributed by atoms with van der Waals surface area (Å²) in [5.74, 6) is 0. The fraction of sp³-hybridized carbons (Fsp3) is 0.139. The first-order chi connectivity index (χ1) is 36.5. The second-order valence-corrected chi connectivity index (χ2v) is 22.4. The predicted molar refractivity (Wildman–Crippen MR) is 318 cm³/mol. The smallest absolute Gasteiger partial charge is 0.136 e. The van der Waals surface area contributed by atoms with E-state index in [9.17, 15) is 0 Å². The molecule has 75 heavy (non-hydrogen) atoms. The predicted octanol–water partition coefficient (Wildman–Crippen LogP) is 18.5. The molecular weight excluding hydrogens is 909 g/mol. The van der Waals surface area contributed by atoms with Gasteiger partial charge in [-0.05, 0) is 122 Å². The van der Waals surface area contributed by atoms with E-state index in [4.69, 9.17) is 4.42 Å². The van der Waals surface area contributed by atoms with E-state index in [1.54, 1.807) is 0 Å². The Kier molecular flexibility index (Phi) is 11.1. The number of benzene rings is 10. The van der Waals surface area contributed by atoms with Gasteiger partial charge in [0, 0.05) is 49.5 Å². The number of aromatic nitrogens is 1. The van der Waals surface area contributed by atoms with Gasteiger partial charge in [0.05, 0.1) is 28.1 Å². The van der Waals surface area contributed by atoms with Gasteiger partial charge in [-0.1, -0.05) is 217 Å². The molecule has 1 aliphatic rings. The lowest BCUT2D eigenvalue weighted by Gasteiger charge is -2.32. The third-order valence-electron chi connectivity index (χ3n) is 15.6. The summed E-state index contributed by atoms with van der Waals surface area (Å²) < 4.78 is 9.04. The van der Waals surface area contributed by atoms with Crippen LogP contribution in [0.5, 0.6) is 0 Å². The van der Waals surface area contributed by atoms with E-state index in [1.807, 2.05) is 6.07 Å². The lowest BCUT2D eigenvalue weighted by molar-refractivity contribution is 0.569. The van der Waals surface area contributed by atoms with E-state index in [-0.39, 0.29) is 10.8 Å². The van der Waals surface area contributed by atoms with Crippen molar-refractivity contribution < 1.29 is 4.42 Å². The Hall–Kier alpha value is -8.66. The van der Waals surface area contributed by atoms with Crippen LogP contribution < -0.4 is 15.3 Å². The Balaban J connectivity index is 1.11. The van der Waals surface area contributed by atoms with Crippen molar-refractivity contribution in [2.45, 2.75) is 65.2 Å². The van der Waals surface area contributed by atoms with Crippen molar-refractivity contribution in [3.05, 3.63) is 252 Å². The molecule has 0 saturated carbocycles. The fourth-order valence-corrected chi connectivity index (χ4v) is 11.8. The molecule has 0 fully saturated rings. The van der Waals surface area contributed by atoms with Gasteiger partial charge in [-0.15, -0.1) is 0 Å². The zero-order valence-electron chi connectivity index (χ0n) is 43.7. The van der Waals surface area contributed by atoms with Gasteiger partial charge in [0.2, 0.25) is 0 Å². The Morgan fingerprint density at radius 3 is 1.72 bits per heavy atom. The maximum atomic E-state index is 6.58. The van der Waals surface area contributed by atoms with Crippen LogP contribution in [0, 0.1) is 0 Å². The molecule has 0 bridgehead atoms. The highest BCUT2D eigenvalue weighted by molar-refractivity contribution is 6.15. The van der Waals surface area contributed by atoms with Gasteiger partial charge in [-0.3, -0.25) is 0 Å². The molecule has 10 aromatic carbocycles. The van der Waals surface area contributed by atoms with E-state index >= 15 is 0 Å². The Morgan fingerprint density at radius 2 is 0.973 bits per heavy atom. The van der Waals surface area contributed by atoms with Gasteiger partial charge < -0.3 is 13.9 Å². The summed E-state index contributed by atoms with van der Waals surface area (Å²) in [4.78, 5) is 2.56. The Labute approximate surface area is 440 Å². The molecule has 364 valence electrons. The number of para-hydroxylation sites is 7. The molecule has 13 rings (SSSR count). The highest BCUT2D eigenvalue weighted by Crippen LogP contribution is 2.49. The van der Waals surface area contributed by atoms with Crippen molar-refractivity contribution in [3.8, 4) is 39.1 Å². The monoisotopic (exact) mass is 968 g/mol. The summed E-state index contributed by atoms with van der Waals surface area (Å²) in [5.41, 5.74) is 20.8. The minimum atomic E-state index is -0.0217. The van der Waals surface area contributed by atoms with Crippen LogP contribution in [0.15, 0.2) is 229 Å². The molecule has 3 nitrogen and oxygen atoms in total.